The van der Waals surface area contributed by atoms with Gasteiger partial charge in [0, 0.05) is 29.2 Å². The molecule has 0 bridgehead atoms. The minimum Gasteiger partial charge on any atom is -0.504 e. The Kier molecular flexibility index (Phi) is 4.52. The largest absolute Gasteiger partial charge is 0.504 e. The van der Waals surface area contributed by atoms with E-state index < -0.39 is 0 Å². The van der Waals surface area contributed by atoms with Crippen molar-refractivity contribution < 1.29 is 9.84 Å². The number of nitrogens with one attached hydrogen (secondary N) is 1. The Bertz CT molecular complexity index is 499. The highest BCUT2D eigenvalue weighted by atomic mass is 35.5. The fourth-order valence-corrected chi connectivity index (χ4v) is 2.75. The molecule has 0 radical (unpaired) electrons. The van der Waals surface area contributed by atoms with Crippen LogP contribution in [0.3, 0.4) is 0 Å². The number of phenols is 1. The van der Waals surface area contributed by atoms with Crippen LogP contribution in [0.15, 0.2) is 12.1 Å². The van der Waals surface area contributed by atoms with E-state index in [0.29, 0.717) is 22.9 Å². The van der Waals surface area contributed by atoms with Crippen LogP contribution in [0, 0.1) is 17.2 Å². The molecule has 19 heavy (non-hydrogen) atoms. The fraction of sp³-hybridized carbons (Fsp3) is 0.500. The van der Waals surface area contributed by atoms with Crippen molar-refractivity contribution in [2.75, 3.05) is 7.11 Å². The van der Waals surface area contributed by atoms with Gasteiger partial charge in [0.1, 0.15) is 0 Å². The van der Waals surface area contributed by atoms with E-state index in [9.17, 15) is 5.11 Å². The predicted octanol–water partition coefficient (Wildman–Crippen LogP) is 2.84. The van der Waals surface area contributed by atoms with Gasteiger partial charge in [-0.1, -0.05) is 18.0 Å². The van der Waals surface area contributed by atoms with Crippen LogP contribution < -0.4 is 10.1 Å². The van der Waals surface area contributed by atoms with E-state index in [1.807, 2.05) is 0 Å². The quantitative estimate of drug-likeness (QED) is 0.890. The van der Waals surface area contributed by atoms with Crippen LogP contribution in [0.5, 0.6) is 11.5 Å². The number of rotatable bonds is 4. The average molecular weight is 281 g/mol. The van der Waals surface area contributed by atoms with Gasteiger partial charge in [0.15, 0.2) is 11.5 Å². The van der Waals surface area contributed by atoms with Crippen LogP contribution in [0.4, 0.5) is 0 Å². The minimum atomic E-state index is 0.0585. The van der Waals surface area contributed by atoms with Gasteiger partial charge in [-0.05, 0) is 18.9 Å². The summed E-state index contributed by atoms with van der Waals surface area (Å²) in [6.45, 7) is 0.478. The molecule has 2 N–H and O–H groups in total. The summed E-state index contributed by atoms with van der Waals surface area (Å²) >= 11 is 5.98. The van der Waals surface area contributed by atoms with Crippen molar-refractivity contribution in [2.24, 2.45) is 5.92 Å². The molecule has 1 fully saturated rings. The maximum absolute atomic E-state index is 10.0. The number of hydrogen-bond acceptors (Lipinski definition) is 4. The third-order valence-corrected chi connectivity index (χ3v) is 3.79. The van der Waals surface area contributed by atoms with Gasteiger partial charge >= 0.3 is 0 Å². The van der Waals surface area contributed by atoms with Crippen molar-refractivity contribution in [2.45, 2.75) is 31.8 Å². The SMILES string of the molecule is COc1cc(Cl)cc(CNC2CCCC2C#N)c1O. The molecule has 0 aromatic heterocycles. The number of halogens is 1. The molecule has 1 aromatic carbocycles. The Balaban J connectivity index is 2.07. The molecule has 102 valence electrons. The number of nitriles is 1. The van der Waals surface area contributed by atoms with Crippen LogP contribution in [-0.2, 0) is 6.54 Å². The summed E-state index contributed by atoms with van der Waals surface area (Å²) in [7, 11) is 1.49. The minimum absolute atomic E-state index is 0.0585. The first-order valence-corrected chi connectivity index (χ1v) is 6.72. The fourth-order valence-electron chi connectivity index (χ4n) is 2.52. The summed E-state index contributed by atoms with van der Waals surface area (Å²) in [4.78, 5) is 0. The van der Waals surface area contributed by atoms with Crippen LogP contribution in [0.25, 0.3) is 0 Å². The molecular weight excluding hydrogens is 264 g/mol. The average Bonchev–Trinajstić information content (AvgIpc) is 2.86. The topological polar surface area (TPSA) is 65.3 Å². The van der Waals surface area contributed by atoms with E-state index in [2.05, 4.69) is 11.4 Å². The molecule has 0 heterocycles. The first kappa shape index (κ1) is 14.0. The Hall–Kier alpha value is -1.44. The molecule has 1 aliphatic carbocycles. The molecule has 1 aliphatic rings. The lowest BCUT2D eigenvalue weighted by Crippen LogP contribution is -2.31. The standard InChI is InChI=1S/C14H17ClN2O2/c1-19-13-6-11(15)5-10(14(13)18)8-17-12-4-2-3-9(12)7-16/h5-6,9,12,17-18H,2-4,8H2,1H3. The molecule has 2 rings (SSSR count). The van der Waals surface area contributed by atoms with Gasteiger partial charge in [-0.2, -0.15) is 5.26 Å². The second kappa shape index (κ2) is 6.14. The molecule has 4 nitrogen and oxygen atoms in total. The van der Waals surface area contributed by atoms with Crippen molar-refractivity contribution in [3.8, 4) is 17.6 Å². The first-order chi connectivity index (χ1) is 9.15. The van der Waals surface area contributed by atoms with Crippen molar-refractivity contribution >= 4 is 11.6 Å². The van der Waals surface area contributed by atoms with Crippen LogP contribution >= 0.6 is 11.6 Å². The lowest BCUT2D eigenvalue weighted by Gasteiger charge is -2.17. The smallest absolute Gasteiger partial charge is 0.162 e. The van der Waals surface area contributed by atoms with E-state index in [-0.39, 0.29) is 17.7 Å². The molecule has 5 heteroatoms. The second-order valence-corrected chi connectivity index (χ2v) is 5.21. The lowest BCUT2D eigenvalue weighted by atomic mass is 10.1. The van der Waals surface area contributed by atoms with Gasteiger partial charge in [-0.3, -0.25) is 0 Å². The third-order valence-electron chi connectivity index (χ3n) is 3.58. The van der Waals surface area contributed by atoms with Crippen molar-refractivity contribution in [3.05, 3.63) is 22.7 Å². The highest BCUT2D eigenvalue weighted by Crippen LogP contribution is 2.34. The number of phenolic OH excluding ortho intramolecular Hbond substituents is 1. The Morgan fingerprint density at radius 2 is 2.32 bits per heavy atom. The molecule has 1 saturated carbocycles. The van der Waals surface area contributed by atoms with Crippen molar-refractivity contribution in [3.63, 3.8) is 0 Å². The van der Waals surface area contributed by atoms with Gasteiger partial charge in [0.25, 0.3) is 0 Å². The predicted molar refractivity (Wildman–Crippen MR) is 73.3 cm³/mol. The highest BCUT2D eigenvalue weighted by molar-refractivity contribution is 6.30. The zero-order valence-corrected chi connectivity index (χ0v) is 11.6. The van der Waals surface area contributed by atoms with Crippen LogP contribution in [-0.4, -0.2) is 18.3 Å². The number of aromatic hydroxyl groups is 1. The van der Waals surface area contributed by atoms with Gasteiger partial charge in [-0.25, -0.2) is 0 Å². The summed E-state index contributed by atoms with van der Waals surface area (Å²) < 4.78 is 5.07. The van der Waals surface area contributed by atoms with Gasteiger partial charge in [0.2, 0.25) is 0 Å². The maximum Gasteiger partial charge on any atom is 0.162 e. The van der Waals surface area contributed by atoms with E-state index >= 15 is 0 Å². The number of ether oxygens (including phenoxy) is 1. The lowest BCUT2D eigenvalue weighted by molar-refractivity contribution is 0.367. The Morgan fingerprint density at radius 1 is 1.53 bits per heavy atom. The molecule has 1 aromatic rings. The van der Waals surface area contributed by atoms with E-state index in [4.69, 9.17) is 21.6 Å². The normalized spacial score (nSPS) is 22.2. The zero-order valence-electron chi connectivity index (χ0n) is 10.8. The van der Waals surface area contributed by atoms with Crippen LogP contribution in [0.1, 0.15) is 24.8 Å². The Morgan fingerprint density at radius 3 is 3.00 bits per heavy atom. The monoisotopic (exact) mass is 280 g/mol. The second-order valence-electron chi connectivity index (χ2n) is 4.77. The van der Waals surface area contributed by atoms with Gasteiger partial charge in [0.05, 0.1) is 19.1 Å². The molecule has 0 amide bonds. The van der Waals surface area contributed by atoms with Gasteiger partial charge in [-0.15, -0.1) is 0 Å². The Labute approximate surface area is 117 Å². The van der Waals surface area contributed by atoms with E-state index in [0.717, 1.165) is 19.3 Å². The summed E-state index contributed by atoms with van der Waals surface area (Å²) in [5.74, 6) is 0.529. The maximum atomic E-state index is 10.0. The third kappa shape index (κ3) is 3.12. The number of methoxy groups -OCH3 is 1. The van der Waals surface area contributed by atoms with Crippen molar-refractivity contribution in [1.29, 1.82) is 5.26 Å². The summed E-state index contributed by atoms with van der Waals surface area (Å²) in [5, 5.41) is 22.9. The van der Waals surface area contributed by atoms with E-state index in [1.54, 1.807) is 12.1 Å². The summed E-state index contributed by atoms with van der Waals surface area (Å²) in [5.41, 5.74) is 0.688. The number of hydrogen-bond donors (Lipinski definition) is 2. The molecule has 0 aliphatic heterocycles. The zero-order chi connectivity index (χ0) is 13.8. The van der Waals surface area contributed by atoms with E-state index in [1.165, 1.54) is 7.11 Å². The number of nitrogens with zero attached hydrogens (tertiary/aromatic N) is 1. The molecule has 0 spiro atoms. The molecule has 2 unspecified atom stereocenters. The number of benzene rings is 1. The highest BCUT2D eigenvalue weighted by Gasteiger charge is 2.26. The molecule has 2 atom stereocenters. The van der Waals surface area contributed by atoms with Crippen LogP contribution in [0.2, 0.25) is 5.02 Å². The van der Waals surface area contributed by atoms with Crippen molar-refractivity contribution in [1.82, 2.24) is 5.32 Å². The summed E-state index contributed by atoms with van der Waals surface area (Å²) in [6.07, 6.45) is 3.01. The first-order valence-electron chi connectivity index (χ1n) is 6.34. The molecular formula is C14H17ClN2O2. The van der Waals surface area contributed by atoms with Gasteiger partial charge < -0.3 is 15.2 Å². The summed E-state index contributed by atoms with van der Waals surface area (Å²) in [6, 6.07) is 5.80. The molecule has 0 saturated heterocycles.